The van der Waals surface area contributed by atoms with Crippen molar-refractivity contribution in [3.8, 4) is 0 Å². The molecule has 5 heteroatoms. The zero-order valence-electron chi connectivity index (χ0n) is 11.5. The van der Waals surface area contributed by atoms with Crippen LogP contribution in [0.5, 0.6) is 0 Å². The summed E-state index contributed by atoms with van der Waals surface area (Å²) in [7, 11) is 0. The highest BCUT2D eigenvalue weighted by Crippen LogP contribution is 2.28. The van der Waals surface area contributed by atoms with Gasteiger partial charge in [-0.3, -0.25) is 9.82 Å². The van der Waals surface area contributed by atoms with Crippen molar-refractivity contribution in [2.75, 3.05) is 0 Å². The molecule has 0 spiro atoms. The molecule has 0 amide bonds. The smallest absolute Gasteiger partial charge is 0.155 e. The lowest BCUT2D eigenvalue weighted by Crippen LogP contribution is -2.30. The minimum Gasteiger partial charge on any atom is -0.261 e. The summed E-state index contributed by atoms with van der Waals surface area (Å²) in [4.78, 5) is 5.71. The summed E-state index contributed by atoms with van der Waals surface area (Å²) in [5.41, 5.74) is 3.66. The molecule has 0 aliphatic heterocycles. The van der Waals surface area contributed by atoms with Gasteiger partial charge in [-0.1, -0.05) is 18.2 Å². The van der Waals surface area contributed by atoms with Crippen LogP contribution in [-0.2, 0) is 12.8 Å². The Kier molecular flexibility index (Phi) is 3.37. The molecule has 2 aromatic heterocycles. The van der Waals surface area contributed by atoms with Gasteiger partial charge in [-0.25, -0.2) is 4.98 Å². The first-order chi connectivity index (χ1) is 10.4. The van der Waals surface area contributed by atoms with E-state index in [9.17, 15) is 0 Å². The standard InChI is InChI=1S/C16H16N4S/c1-2-4-13(5-3-1)21-20-12-6-7-14-11(8-12)9-17-16-15(14)10-18-19-16/h1-5,9-10,12,20H,6-8H2,(H,17,18,19). The Balaban J connectivity index is 1.49. The molecule has 0 fully saturated rings. The third kappa shape index (κ3) is 2.54. The molecule has 1 aliphatic carbocycles. The highest BCUT2D eigenvalue weighted by Gasteiger charge is 2.21. The second-order valence-electron chi connectivity index (χ2n) is 5.37. The molecule has 2 N–H and O–H groups in total. The van der Waals surface area contributed by atoms with Crippen molar-refractivity contribution in [1.29, 1.82) is 0 Å². The highest BCUT2D eigenvalue weighted by molar-refractivity contribution is 7.97. The molecule has 0 bridgehead atoms. The molecule has 0 radical (unpaired) electrons. The van der Waals surface area contributed by atoms with Gasteiger partial charge in [0.05, 0.1) is 6.20 Å². The van der Waals surface area contributed by atoms with Crippen molar-refractivity contribution >= 4 is 23.0 Å². The van der Waals surface area contributed by atoms with Crippen molar-refractivity contribution in [1.82, 2.24) is 19.9 Å². The van der Waals surface area contributed by atoms with Crippen molar-refractivity contribution in [2.24, 2.45) is 0 Å². The van der Waals surface area contributed by atoms with Crippen molar-refractivity contribution in [3.05, 3.63) is 53.9 Å². The number of hydrogen-bond donors (Lipinski definition) is 2. The summed E-state index contributed by atoms with van der Waals surface area (Å²) in [5.74, 6) is 0. The molecular formula is C16H16N4S. The lowest BCUT2D eigenvalue weighted by Gasteiger charge is -2.25. The Hall–Kier alpha value is -1.85. The van der Waals surface area contributed by atoms with Gasteiger partial charge in [0.1, 0.15) is 0 Å². The van der Waals surface area contributed by atoms with E-state index in [4.69, 9.17) is 0 Å². The molecule has 2 heterocycles. The predicted molar refractivity (Wildman–Crippen MR) is 85.1 cm³/mol. The number of aromatic amines is 1. The first-order valence-electron chi connectivity index (χ1n) is 7.17. The Morgan fingerprint density at radius 3 is 3.00 bits per heavy atom. The van der Waals surface area contributed by atoms with Gasteiger partial charge in [0.25, 0.3) is 0 Å². The van der Waals surface area contributed by atoms with Crippen LogP contribution in [0.15, 0.2) is 47.6 Å². The van der Waals surface area contributed by atoms with E-state index < -0.39 is 0 Å². The lowest BCUT2D eigenvalue weighted by molar-refractivity contribution is 0.547. The summed E-state index contributed by atoms with van der Waals surface area (Å²) in [5, 5.41) is 8.23. The molecule has 1 atom stereocenters. The van der Waals surface area contributed by atoms with E-state index >= 15 is 0 Å². The SMILES string of the molecule is c1ccc(SNC2CCc3c(cnc4[nH]ncc34)C2)cc1. The molecule has 0 saturated heterocycles. The van der Waals surface area contributed by atoms with E-state index in [0.29, 0.717) is 6.04 Å². The average molecular weight is 296 g/mol. The molecule has 4 nitrogen and oxygen atoms in total. The van der Waals surface area contributed by atoms with Crippen LogP contribution in [0.2, 0.25) is 0 Å². The second kappa shape index (κ2) is 5.50. The van der Waals surface area contributed by atoms with Crippen LogP contribution in [0.4, 0.5) is 0 Å². The first-order valence-corrected chi connectivity index (χ1v) is 7.99. The number of pyridine rings is 1. The maximum atomic E-state index is 4.45. The van der Waals surface area contributed by atoms with Crippen LogP contribution >= 0.6 is 11.9 Å². The van der Waals surface area contributed by atoms with Crippen LogP contribution < -0.4 is 4.72 Å². The fraction of sp³-hybridized carbons (Fsp3) is 0.250. The summed E-state index contributed by atoms with van der Waals surface area (Å²) < 4.78 is 3.59. The van der Waals surface area contributed by atoms with E-state index in [1.807, 2.05) is 18.5 Å². The number of fused-ring (bicyclic) bond motifs is 3. The summed E-state index contributed by atoms with van der Waals surface area (Å²) in [6.07, 6.45) is 7.16. The molecule has 0 saturated carbocycles. The lowest BCUT2D eigenvalue weighted by atomic mass is 9.88. The van der Waals surface area contributed by atoms with E-state index in [-0.39, 0.29) is 0 Å². The van der Waals surface area contributed by atoms with Crippen molar-refractivity contribution < 1.29 is 0 Å². The number of aromatic nitrogens is 3. The summed E-state index contributed by atoms with van der Waals surface area (Å²) in [6.45, 7) is 0. The van der Waals surface area contributed by atoms with Crippen LogP contribution in [0.3, 0.4) is 0 Å². The van der Waals surface area contributed by atoms with Gasteiger partial charge in [0, 0.05) is 22.5 Å². The zero-order chi connectivity index (χ0) is 14.1. The predicted octanol–water partition coefficient (Wildman–Crippen LogP) is 3.11. The minimum absolute atomic E-state index is 0.494. The molecule has 3 aromatic rings. The first kappa shape index (κ1) is 12.9. The van der Waals surface area contributed by atoms with Gasteiger partial charge in [-0.05, 0) is 54.5 Å². The van der Waals surface area contributed by atoms with E-state index in [2.05, 4.69) is 44.2 Å². The fourth-order valence-electron chi connectivity index (χ4n) is 2.89. The Morgan fingerprint density at radius 2 is 2.10 bits per heavy atom. The molecule has 1 aromatic carbocycles. The number of hydrogen-bond acceptors (Lipinski definition) is 4. The van der Waals surface area contributed by atoms with Crippen LogP contribution in [0, 0.1) is 0 Å². The largest absolute Gasteiger partial charge is 0.261 e. The topological polar surface area (TPSA) is 53.6 Å². The Bertz CT molecular complexity index is 753. The number of nitrogens with zero attached hydrogens (tertiary/aromatic N) is 2. The fourth-order valence-corrected chi connectivity index (χ4v) is 3.69. The summed E-state index contributed by atoms with van der Waals surface area (Å²) >= 11 is 1.72. The van der Waals surface area contributed by atoms with Crippen molar-refractivity contribution in [3.63, 3.8) is 0 Å². The molecule has 1 aliphatic rings. The van der Waals surface area contributed by atoms with E-state index in [0.717, 1.165) is 24.9 Å². The highest BCUT2D eigenvalue weighted by atomic mass is 32.2. The van der Waals surface area contributed by atoms with Gasteiger partial charge in [0.15, 0.2) is 5.65 Å². The molecule has 4 rings (SSSR count). The second-order valence-corrected chi connectivity index (χ2v) is 6.28. The number of nitrogens with one attached hydrogen (secondary N) is 2. The van der Waals surface area contributed by atoms with Gasteiger partial charge in [-0.2, -0.15) is 5.10 Å². The Morgan fingerprint density at radius 1 is 1.19 bits per heavy atom. The van der Waals surface area contributed by atoms with Crippen LogP contribution in [-0.4, -0.2) is 21.2 Å². The summed E-state index contributed by atoms with van der Waals surface area (Å²) in [6, 6.07) is 10.9. The molecular weight excluding hydrogens is 280 g/mol. The van der Waals surface area contributed by atoms with Crippen molar-refractivity contribution in [2.45, 2.75) is 30.2 Å². The minimum atomic E-state index is 0.494. The van der Waals surface area contributed by atoms with Gasteiger partial charge in [-0.15, -0.1) is 0 Å². The van der Waals surface area contributed by atoms with Gasteiger partial charge >= 0.3 is 0 Å². The van der Waals surface area contributed by atoms with E-state index in [1.165, 1.54) is 21.4 Å². The normalized spacial score (nSPS) is 17.8. The third-order valence-corrected chi connectivity index (χ3v) is 4.94. The Labute approximate surface area is 127 Å². The zero-order valence-corrected chi connectivity index (χ0v) is 12.4. The number of benzene rings is 1. The third-order valence-electron chi connectivity index (χ3n) is 3.98. The van der Waals surface area contributed by atoms with Crippen LogP contribution in [0.25, 0.3) is 11.0 Å². The molecule has 106 valence electrons. The maximum absolute atomic E-state index is 4.45. The maximum Gasteiger partial charge on any atom is 0.155 e. The molecule has 21 heavy (non-hydrogen) atoms. The van der Waals surface area contributed by atoms with Crippen LogP contribution in [0.1, 0.15) is 17.5 Å². The number of rotatable bonds is 3. The number of H-pyrrole nitrogens is 1. The molecule has 1 unspecified atom stereocenters. The van der Waals surface area contributed by atoms with E-state index in [1.54, 1.807) is 11.9 Å². The average Bonchev–Trinajstić information content (AvgIpc) is 3.02. The van der Waals surface area contributed by atoms with Gasteiger partial charge < -0.3 is 0 Å². The monoisotopic (exact) mass is 296 g/mol. The quantitative estimate of drug-likeness (QED) is 0.729. The van der Waals surface area contributed by atoms with Gasteiger partial charge in [0.2, 0.25) is 0 Å². The number of aryl methyl sites for hydroxylation is 1.